The van der Waals surface area contributed by atoms with Crippen LogP contribution in [0.4, 0.5) is 10.5 Å². The summed E-state index contributed by atoms with van der Waals surface area (Å²) in [4.78, 5) is 10.5. The Morgan fingerprint density at radius 1 is 1.48 bits per heavy atom. The summed E-state index contributed by atoms with van der Waals surface area (Å²) in [6.07, 6.45) is 2.55. The Morgan fingerprint density at radius 3 is 2.86 bits per heavy atom. The van der Waals surface area contributed by atoms with E-state index in [1.165, 1.54) is 0 Å². The number of carboxylic acid groups (broad SMARTS) is 1. The maximum atomic E-state index is 10.5. The number of carbonyl (C=O) groups is 1. The quantitative estimate of drug-likeness (QED) is 0.727. The smallest absolute Gasteiger partial charge is 0.404 e. The normalized spacial score (nSPS) is 11.9. The fourth-order valence-corrected chi connectivity index (χ4v) is 1.92. The van der Waals surface area contributed by atoms with Gasteiger partial charge in [-0.25, -0.2) is 4.79 Å². The molecule has 0 saturated carbocycles. The fourth-order valence-electron chi connectivity index (χ4n) is 1.92. The zero-order chi connectivity index (χ0) is 15.4. The molecule has 21 heavy (non-hydrogen) atoms. The predicted octanol–water partition coefficient (Wildman–Crippen LogP) is 1.70. The third-order valence-electron chi connectivity index (χ3n) is 2.84. The van der Waals surface area contributed by atoms with E-state index < -0.39 is 6.09 Å². The Hall–Kier alpha value is -2.70. The number of amides is 1. The van der Waals surface area contributed by atoms with Crippen molar-refractivity contribution in [2.24, 2.45) is 7.05 Å². The highest BCUT2D eigenvalue weighted by Gasteiger charge is 2.08. The number of ether oxygens (including phenoxy) is 1. The van der Waals surface area contributed by atoms with E-state index in [9.17, 15) is 4.79 Å². The second kappa shape index (κ2) is 6.17. The van der Waals surface area contributed by atoms with Gasteiger partial charge in [-0.3, -0.25) is 4.68 Å². The number of nitrogens with two attached hydrogens (primary N) is 1. The maximum Gasteiger partial charge on any atom is 0.404 e. The van der Waals surface area contributed by atoms with Gasteiger partial charge in [-0.05, 0) is 24.6 Å². The van der Waals surface area contributed by atoms with E-state index in [2.05, 4.69) is 10.4 Å². The van der Waals surface area contributed by atoms with Crippen LogP contribution in [0.3, 0.4) is 0 Å². The summed E-state index contributed by atoms with van der Waals surface area (Å²) in [5.41, 5.74) is 8.28. The van der Waals surface area contributed by atoms with Gasteiger partial charge in [0.05, 0.1) is 12.2 Å². The molecule has 7 heteroatoms. The largest absolute Gasteiger partial charge is 0.491 e. The van der Waals surface area contributed by atoms with E-state index in [1.807, 2.05) is 25.4 Å². The summed E-state index contributed by atoms with van der Waals surface area (Å²) in [6.45, 7) is 1.95. The lowest BCUT2D eigenvalue weighted by Gasteiger charge is -2.14. The molecule has 0 saturated heterocycles. The molecule has 0 aliphatic heterocycles. The van der Waals surface area contributed by atoms with Crippen LogP contribution in [0.5, 0.6) is 5.75 Å². The minimum absolute atomic E-state index is 0.224. The van der Waals surface area contributed by atoms with Gasteiger partial charge < -0.3 is 20.9 Å². The highest BCUT2D eigenvalue weighted by atomic mass is 16.5. The molecule has 1 aromatic heterocycles. The van der Waals surface area contributed by atoms with Crippen molar-refractivity contribution in [1.82, 2.24) is 15.1 Å². The zero-order valence-corrected chi connectivity index (χ0v) is 11.9. The molecule has 1 amide bonds. The number of aromatic nitrogens is 2. The van der Waals surface area contributed by atoms with Crippen molar-refractivity contribution < 1.29 is 14.6 Å². The molecule has 0 spiro atoms. The van der Waals surface area contributed by atoms with Gasteiger partial charge in [0.15, 0.2) is 0 Å². The predicted molar refractivity (Wildman–Crippen MR) is 79.2 cm³/mol. The molecule has 1 atom stereocenters. The molecule has 0 fully saturated rings. The molecule has 1 heterocycles. The summed E-state index contributed by atoms with van der Waals surface area (Å²) < 4.78 is 7.29. The minimum atomic E-state index is -1.07. The minimum Gasteiger partial charge on any atom is -0.491 e. The average molecular weight is 290 g/mol. The topological polar surface area (TPSA) is 102 Å². The third-order valence-corrected chi connectivity index (χ3v) is 2.84. The van der Waals surface area contributed by atoms with E-state index in [4.69, 9.17) is 15.6 Å². The Kier molecular flexibility index (Phi) is 4.32. The number of anilines is 1. The summed E-state index contributed by atoms with van der Waals surface area (Å²) in [5.74, 6) is 0.591. The Balaban J connectivity index is 2.10. The standard InChI is InChI=1S/C14H18N4O3/c1-9(17-14(19)20)8-21-13-4-10(3-12(15)5-13)11-6-16-18(2)7-11/h3-7,9,17H,8,15H2,1-2H3,(H,19,20)/t9-/m0/s1. The molecular formula is C14H18N4O3. The maximum absolute atomic E-state index is 10.5. The van der Waals surface area contributed by atoms with Crippen LogP contribution in [0.1, 0.15) is 6.92 Å². The van der Waals surface area contributed by atoms with Crippen LogP contribution in [-0.2, 0) is 7.05 Å². The molecule has 112 valence electrons. The number of benzene rings is 1. The highest BCUT2D eigenvalue weighted by molar-refractivity contribution is 5.68. The van der Waals surface area contributed by atoms with Gasteiger partial charge in [-0.15, -0.1) is 0 Å². The molecule has 7 nitrogen and oxygen atoms in total. The molecule has 1 aromatic carbocycles. The van der Waals surface area contributed by atoms with Crippen molar-refractivity contribution in [1.29, 1.82) is 0 Å². The van der Waals surface area contributed by atoms with E-state index in [0.29, 0.717) is 11.4 Å². The second-order valence-corrected chi connectivity index (χ2v) is 4.85. The molecule has 0 aliphatic rings. The third kappa shape index (κ3) is 4.13. The molecule has 2 aromatic rings. The van der Waals surface area contributed by atoms with Crippen LogP contribution in [0.2, 0.25) is 0 Å². The first kappa shape index (κ1) is 14.7. The van der Waals surface area contributed by atoms with Crippen molar-refractivity contribution in [3.05, 3.63) is 30.6 Å². The number of nitrogens with zero attached hydrogens (tertiary/aromatic N) is 2. The first-order valence-electron chi connectivity index (χ1n) is 6.46. The fraction of sp³-hybridized carbons (Fsp3) is 0.286. The Morgan fingerprint density at radius 2 is 2.24 bits per heavy atom. The van der Waals surface area contributed by atoms with E-state index in [1.54, 1.807) is 23.9 Å². The number of nitrogens with one attached hydrogen (secondary N) is 1. The molecule has 2 rings (SSSR count). The van der Waals surface area contributed by atoms with Gasteiger partial charge in [0.1, 0.15) is 12.4 Å². The van der Waals surface area contributed by atoms with Gasteiger partial charge in [-0.2, -0.15) is 5.10 Å². The van der Waals surface area contributed by atoms with Crippen LogP contribution >= 0.6 is 0 Å². The van der Waals surface area contributed by atoms with Crippen molar-refractivity contribution >= 4 is 11.8 Å². The van der Waals surface area contributed by atoms with E-state index in [0.717, 1.165) is 11.1 Å². The summed E-state index contributed by atoms with van der Waals surface area (Å²) >= 11 is 0. The van der Waals surface area contributed by atoms with Crippen molar-refractivity contribution in [2.75, 3.05) is 12.3 Å². The van der Waals surface area contributed by atoms with Gasteiger partial charge in [-0.1, -0.05) is 0 Å². The number of aryl methyl sites for hydroxylation is 1. The molecular weight excluding hydrogens is 272 g/mol. The molecule has 4 N–H and O–H groups in total. The Labute approximate surface area is 122 Å². The number of rotatable bonds is 5. The number of nitrogen functional groups attached to an aromatic ring is 1. The summed E-state index contributed by atoms with van der Waals surface area (Å²) in [5, 5.41) is 15.1. The summed E-state index contributed by atoms with van der Waals surface area (Å²) in [7, 11) is 1.84. The monoisotopic (exact) mass is 290 g/mol. The number of hydrogen-bond acceptors (Lipinski definition) is 4. The van der Waals surface area contributed by atoms with Gasteiger partial charge in [0.2, 0.25) is 0 Å². The van der Waals surface area contributed by atoms with Gasteiger partial charge in [0.25, 0.3) is 0 Å². The van der Waals surface area contributed by atoms with Gasteiger partial charge >= 0.3 is 6.09 Å². The first-order chi connectivity index (χ1) is 9.94. The molecule has 0 unspecified atom stereocenters. The van der Waals surface area contributed by atoms with Crippen molar-refractivity contribution in [2.45, 2.75) is 13.0 Å². The molecule has 0 aliphatic carbocycles. The number of hydrogen-bond donors (Lipinski definition) is 3. The van der Waals surface area contributed by atoms with Crippen LogP contribution in [-0.4, -0.2) is 33.6 Å². The van der Waals surface area contributed by atoms with Crippen LogP contribution in [0.25, 0.3) is 11.1 Å². The van der Waals surface area contributed by atoms with Crippen LogP contribution < -0.4 is 15.8 Å². The SMILES string of the molecule is C[C@@H](COc1cc(N)cc(-c2cnn(C)c2)c1)NC(=O)O. The lowest BCUT2D eigenvalue weighted by Crippen LogP contribution is -2.35. The van der Waals surface area contributed by atoms with Crippen LogP contribution in [0, 0.1) is 0 Å². The zero-order valence-electron chi connectivity index (χ0n) is 11.9. The summed E-state index contributed by atoms with van der Waals surface area (Å²) in [6, 6.07) is 5.07. The first-order valence-corrected chi connectivity index (χ1v) is 6.46. The van der Waals surface area contributed by atoms with Crippen molar-refractivity contribution in [3.8, 4) is 16.9 Å². The molecule has 0 bridgehead atoms. The van der Waals surface area contributed by atoms with E-state index >= 15 is 0 Å². The highest BCUT2D eigenvalue weighted by Crippen LogP contribution is 2.27. The molecule has 0 radical (unpaired) electrons. The van der Waals surface area contributed by atoms with Crippen molar-refractivity contribution in [3.63, 3.8) is 0 Å². The lowest BCUT2D eigenvalue weighted by molar-refractivity contribution is 0.183. The second-order valence-electron chi connectivity index (χ2n) is 4.85. The van der Waals surface area contributed by atoms with E-state index in [-0.39, 0.29) is 12.6 Å². The van der Waals surface area contributed by atoms with Crippen LogP contribution in [0.15, 0.2) is 30.6 Å². The lowest BCUT2D eigenvalue weighted by atomic mass is 10.1. The van der Waals surface area contributed by atoms with Gasteiger partial charge in [0, 0.05) is 30.6 Å². The Bertz CT molecular complexity index is 639. The average Bonchev–Trinajstić information content (AvgIpc) is 2.82.